The fourth-order valence-electron chi connectivity index (χ4n) is 2.46. The smallest absolute Gasteiger partial charge is 0.319 e. The Balaban J connectivity index is 1.96. The molecule has 2 amide bonds. The predicted octanol–water partition coefficient (Wildman–Crippen LogP) is 3.74. The molecule has 6 heteroatoms. The summed E-state index contributed by atoms with van der Waals surface area (Å²) in [5, 5.41) is 5.56. The second-order valence-corrected chi connectivity index (χ2v) is 5.53. The maximum absolute atomic E-state index is 12.1. The van der Waals surface area contributed by atoms with Crippen molar-refractivity contribution in [2.45, 2.75) is 13.0 Å². The monoisotopic (exact) mass is 356 g/mol. The van der Waals surface area contributed by atoms with Crippen LogP contribution in [0.4, 0.5) is 4.79 Å². The average Bonchev–Trinajstić information content (AvgIpc) is 2.67. The maximum atomic E-state index is 12.1. The quantitative estimate of drug-likeness (QED) is 0.793. The van der Waals surface area contributed by atoms with Crippen molar-refractivity contribution in [3.05, 3.63) is 59.8 Å². The molecule has 2 N–H and O–H groups in total. The lowest BCUT2D eigenvalue weighted by Crippen LogP contribution is -2.34. The van der Waals surface area contributed by atoms with Crippen molar-refractivity contribution < 1.29 is 19.0 Å². The number of hydrogen-bond donors (Lipinski definition) is 2. The van der Waals surface area contributed by atoms with Crippen molar-refractivity contribution in [3.8, 4) is 17.2 Å². The van der Waals surface area contributed by atoms with E-state index < -0.39 is 0 Å². The molecule has 0 aliphatic heterocycles. The molecule has 1 atom stereocenters. The first-order chi connectivity index (χ1) is 12.6. The second kappa shape index (κ2) is 9.36. The minimum atomic E-state index is -0.307. The van der Waals surface area contributed by atoms with Crippen molar-refractivity contribution in [2.75, 3.05) is 21.3 Å². The van der Waals surface area contributed by atoms with E-state index >= 15 is 0 Å². The SMILES string of the molecule is COc1ccccc1/C=C/NC(=O)NC(C)c1ccc(OC)c(OC)c1. The highest BCUT2D eigenvalue weighted by molar-refractivity contribution is 5.76. The van der Waals surface area contributed by atoms with Gasteiger partial charge in [0.1, 0.15) is 5.75 Å². The molecule has 0 heterocycles. The normalized spacial score (nSPS) is 11.7. The van der Waals surface area contributed by atoms with Crippen LogP contribution in [0.3, 0.4) is 0 Å². The lowest BCUT2D eigenvalue weighted by Gasteiger charge is -2.16. The summed E-state index contributed by atoms with van der Waals surface area (Å²) >= 11 is 0. The van der Waals surface area contributed by atoms with Gasteiger partial charge in [-0.1, -0.05) is 24.3 Å². The van der Waals surface area contributed by atoms with Gasteiger partial charge in [-0.3, -0.25) is 0 Å². The number of hydrogen-bond acceptors (Lipinski definition) is 4. The highest BCUT2D eigenvalue weighted by Crippen LogP contribution is 2.29. The number of rotatable bonds is 7. The molecule has 0 saturated carbocycles. The molecular formula is C20H24N2O4. The molecule has 2 aromatic rings. The summed E-state index contributed by atoms with van der Waals surface area (Å²) in [6.45, 7) is 1.89. The van der Waals surface area contributed by atoms with Gasteiger partial charge in [0, 0.05) is 11.8 Å². The molecule has 138 valence electrons. The molecule has 1 unspecified atom stereocenters. The molecule has 2 aromatic carbocycles. The Kier molecular flexibility index (Phi) is 6.91. The summed E-state index contributed by atoms with van der Waals surface area (Å²) in [6.07, 6.45) is 3.36. The van der Waals surface area contributed by atoms with Crippen LogP contribution in [0.15, 0.2) is 48.7 Å². The van der Waals surface area contributed by atoms with E-state index in [2.05, 4.69) is 10.6 Å². The Labute approximate surface area is 153 Å². The minimum absolute atomic E-state index is 0.200. The van der Waals surface area contributed by atoms with E-state index in [0.29, 0.717) is 11.5 Å². The molecule has 0 radical (unpaired) electrons. The Hall–Kier alpha value is -3.15. The summed E-state index contributed by atoms with van der Waals surface area (Å²) in [7, 11) is 4.77. The number of ether oxygens (including phenoxy) is 3. The summed E-state index contributed by atoms with van der Waals surface area (Å²) in [5.74, 6) is 2.01. The highest BCUT2D eigenvalue weighted by atomic mass is 16.5. The zero-order chi connectivity index (χ0) is 18.9. The number of benzene rings is 2. The second-order valence-electron chi connectivity index (χ2n) is 5.53. The van der Waals surface area contributed by atoms with Crippen LogP contribution in [0.1, 0.15) is 24.1 Å². The third-order valence-corrected chi connectivity index (χ3v) is 3.87. The third-order valence-electron chi connectivity index (χ3n) is 3.87. The third kappa shape index (κ3) is 4.92. The van der Waals surface area contributed by atoms with Gasteiger partial charge in [-0.25, -0.2) is 4.79 Å². The van der Waals surface area contributed by atoms with E-state index in [1.54, 1.807) is 33.6 Å². The van der Waals surface area contributed by atoms with Gasteiger partial charge in [-0.2, -0.15) is 0 Å². The first-order valence-corrected chi connectivity index (χ1v) is 8.17. The molecule has 0 aromatic heterocycles. The van der Waals surface area contributed by atoms with E-state index in [-0.39, 0.29) is 12.1 Å². The van der Waals surface area contributed by atoms with Crippen LogP contribution in [-0.4, -0.2) is 27.4 Å². The van der Waals surface area contributed by atoms with Crippen LogP contribution in [-0.2, 0) is 0 Å². The number of para-hydroxylation sites is 1. The maximum Gasteiger partial charge on any atom is 0.319 e. The van der Waals surface area contributed by atoms with Crippen LogP contribution in [0.2, 0.25) is 0 Å². The highest BCUT2D eigenvalue weighted by Gasteiger charge is 2.12. The van der Waals surface area contributed by atoms with Crippen molar-refractivity contribution in [1.29, 1.82) is 0 Å². The van der Waals surface area contributed by atoms with Gasteiger partial charge in [0.15, 0.2) is 11.5 Å². The van der Waals surface area contributed by atoms with Crippen molar-refractivity contribution in [3.63, 3.8) is 0 Å². The molecule has 0 aliphatic carbocycles. The first-order valence-electron chi connectivity index (χ1n) is 8.17. The summed E-state index contributed by atoms with van der Waals surface area (Å²) in [4.78, 5) is 12.1. The number of carbonyl (C=O) groups excluding carboxylic acids is 1. The molecule has 0 aliphatic rings. The molecular weight excluding hydrogens is 332 g/mol. The van der Waals surface area contributed by atoms with Crippen molar-refractivity contribution >= 4 is 12.1 Å². The zero-order valence-electron chi connectivity index (χ0n) is 15.4. The van der Waals surface area contributed by atoms with Gasteiger partial charge in [0.2, 0.25) is 0 Å². The number of methoxy groups -OCH3 is 3. The topological polar surface area (TPSA) is 68.8 Å². The largest absolute Gasteiger partial charge is 0.496 e. The van der Waals surface area contributed by atoms with Gasteiger partial charge >= 0.3 is 6.03 Å². The Morgan fingerprint density at radius 1 is 0.962 bits per heavy atom. The first kappa shape index (κ1) is 19.2. The van der Waals surface area contributed by atoms with Crippen LogP contribution >= 0.6 is 0 Å². The molecule has 0 spiro atoms. The summed E-state index contributed by atoms with van der Waals surface area (Å²) < 4.78 is 15.8. The molecule has 2 rings (SSSR count). The van der Waals surface area contributed by atoms with Gasteiger partial charge < -0.3 is 24.8 Å². The number of urea groups is 1. The van der Waals surface area contributed by atoms with Crippen LogP contribution in [0.25, 0.3) is 6.08 Å². The lowest BCUT2D eigenvalue weighted by molar-refractivity contribution is 0.241. The Bertz CT molecular complexity index is 774. The zero-order valence-corrected chi connectivity index (χ0v) is 15.4. The van der Waals surface area contributed by atoms with Crippen LogP contribution < -0.4 is 24.8 Å². The Morgan fingerprint density at radius 3 is 2.35 bits per heavy atom. The molecule has 0 fully saturated rings. The number of carbonyl (C=O) groups is 1. The van der Waals surface area contributed by atoms with Crippen LogP contribution in [0.5, 0.6) is 17.2 Å². The standard InChI is InChI=1S/C20H24N2O4/c1-14(16-9-10-18(25-3)19(13-16)26-4)22-20(23)21-12-11-15-7-5-6-8-17(15)24-2/h5-14H,1-4H3,(H2,21,22,23)/b12-11+. The molecule has 0 bridgehead atoms. The predicted molar refractivity (Wildman–Crippen MR) is 102 cm³/mol. The Morgan fingerprint density at radius 2 is 1.65 bits per heavy atom. The molecule has 6 nitrogen and oxygen atoms in total. The molecule has 0 saturated heterocycles. The van der Waals surface area contributed by atoms with E-state index in [1.807, 2.05) is 49.4 Å². The van der Waals surface area contributed by atoms with Gasteiger partial charge in [-0.15, -0.1) is 0 Å². The average molecular weight is 356 g/mol. The van der Waals surface area contributed by atoms with E-state index in [4.69, 9.17) is 14.2 Å². The lowest BCUT2D eigenvalue weighted by atomic mass is 10.1. The minimum Gasteiger partial charge on any atom is -0.496 e. The molecule has 26 heavy (non-hydrogen) atoms. The fraction of sp³-hybridized carbons (Fsp3) is 0.250. The van der Waals surface area contributed by atoms with Gasteiger partial charge in [-0.05, 0) is 36.8 Å². The van der Waals surface area contributed by atoms with Gasteiger partial charge in [0.25, 0.3) is 0 Å². The van der Waals surface area contributed by atoms with Crippen molar-refractivity contribution in [2.24, 2.45) is 0 Å². The number of nitrogens with one attached hydrogen (secondary N) is 2. The van der Waals surface area contributed by atoms with E-state index in [0.717, 1.165) is 16.9 Å². The van der Waals surface area contributed by atoms with Gasteiger partial charge in [0.05, 0.1) is 27.4 Å². The summed E-state index contributed by atoms with van der Waals surface area (Å²) in [6, 6.07) is 12.6. The fourth-order valence-corrected chi connectivity index (χ4v) is 2.46. The van der Waals surface area contributed by atoms with E-state index in [1.165, 1.54) is 0 Å². The van der Waals surface area contributed by atoms with Crippen LogP contribution in [0, 0.1) is 0 Å². The van der Waals surface area contributed by atoms with E-state index in [9.17, 15) is 4.79 Å². The van der Waals surface area contributed by atoms with Crippen molar-refractivity contribution in [1.82, 2.24) is 10.6 Å². The summed E-state index contributed by atoms with van der Waals surface area (Å²) in [5.41, 5.74) is 1.79. The number of amides is 2.